The Hall–Kier alpha value is -0.0900. The average Bonchev–Trinajstić information content (AvgIpc) is 1.61. The standard InChI is InChI=1S/C5H9P/c1-2-3-4-5-6/h2-4H,1,5-6H2. The molecule has 1 atom stereocenters. The zero-order valence-electron chi connectivity index (χ0n) is 3.72. The van der Waals surface area contributed by atoms with Crippen LogP contribution in [0.25, 0.3) is 0 Å². The van der Waals surface area contributed by atoms with Crippen LogP contribution in [0.5, 0.6) is 0 Å². The Morgan fingerprint density at radius 3 is 2.50 bits per heavy atom. The minimum absolute atomic E-state index is 1.02. The monoisotopic (exact) mass is 100 g/mol. The van der Waals surface area contributed by atoms with Crippen LogP contribution in [-0.4, -0.2) is 6.16 Å². The Kier molecular flexibility index (Phi) is 4.84. The molecule has 0 aliphatic carbocycles. The molecule has 0 rings (SSSR count). The summed E-state index contributed by atoms with van der Waals surface area (Å²) in [5, 5.41) is 0. The largest absolute Gasteiger partial charge is 0.134 e. The maximum atomic E-state index is 3.50. The normalized spacial score (nSPS) is 9.50. The fourth-order valence-electron chi connectivity index (χ4n) is 0.175. The Bertz CT molecular complexity index is 55.0. The highest BCUT2D eigenvalue weighted by molar-refractivity contribution is 7.16. The van der Waals surface area contributed by atoms with Crippen molar-refractivity contribution in [2.24, 2.45) is 0 Å². The third kappa shape index (κ3) is 3.91. The zero-order chi connectivity index (χ0) is 4.83. The van der Waals surface area contributed by atoms with Gasteiger partial charge in [0.2, 0.25) is 0 Å². The van der Waals surface area contributed by atoms with Gasteiger partial charge in [-0.25, -0.2) is 0 Å². The molecule has 0 amide bonds. The van der Waals surface area contributed by atoms with Crippen LogP contribution < -0.4 is 0 Å². The van der Waals surface area contributed by atoms with E-state index in [1.165, 1.54) is 0 Å². The van der Waals surface area contributed by atoms with Gasteiger partial charge in [-0.2, -0.15) is 0 Å². The van der Waals surface area contributed by atoms with E-state index in [-0.39, 0.29) is 0 Å². The van der Waals surface area contributed by atoms with Crippen LogP contribution in [0.15, 0.2) is 24.8 Å². The highest BCUT2D eigenvalue weighted by Crippen LogP contribution is 1.80. The number of hydrogen-bond acceptors (Lipinski definition) is 0. The number of hydrogen-bond donors (Lipinski definition) is 0. The van der Waals surface area contributed by atoms with Crippen LogP contribution in [0.4, 0.5) is 0 Å². The topological polar surface area (TPSA) is 0 Å². The highest BCUT2D eigenvalue weighted by atomic mass is 31.0. The molecule has 0 saturated carbocycles. The average molecular weight is 100 g/mol. The molecule has 0 radical (unpaired) electrons. The van der Waals surface area contributed by atoms with E-state index in [4.69, 9.17) is 0 Å². The molecule has 0 aromatic rings. The molecule has 0 bridgehead atoms. The van der Waals surface area contributed by atoms with Gasteiger partial charge >= 0.3 is 0 Å². The summed E-state index contributed by atoms with van der Waals surface area (Å²) in [7, 11) is 2.59. The number of allylic oxidation sites excluding steroid dienone is 3. The smallest absolute Gasteiger partial charge is 0.0197 e. The van der Waals surface area contributed by atoms with Gasteiger partial charge in [0, 0.05) is 0 Å². The molecular weight excluding hydrogens is 91.0 g/mol. The molecule has 0 aliphatic heterocycles. The van der Waals surface area contributed by atoms with Crippen molar-refractivity contribution in [3.8, 4) is 0 Å². The van der Waals surface area contributed by atoms with Gasteiger partial charge in [0.1, 0.15) is 0 Å². The van der Waals surface area contributed by atoms with Crippen LogP contribution in [0, 0.1) is 0 Å². The summed E-state index contributed by atoms with van der Waals surface area (Å²) in [6.45, 7) is 3.50. The Morgan fingerprint density at radius 2 is 2.33 bits per heavy atom. The minimum Gasteiger partial charge on any atom is -0.134 e. The first kappa shape index (κ1) is 5.91. The maximum Gasteiger partial charge on any atom is -0.0197 e. The van der Waals surface area contributed by atoms with E-state index >= 15 is 0 Å². The van der Waals surface area contributed by atoms with E-state index in [1.54, 1.807) is 6.08 Å². The van der Waals surface area contributed by atoms with Gasteiger partial charge in [0.05, 0.1) is 0 Å². The quantitative estimate of drug-likeness (QED) is 0.365. The van der Waals surface area contributed by atoms with E-state index in [2.05, 4.69) is 15.8 Å². The first-order valence-electron chi connectivity index (χ1n) is 1.89. The lowest BCUT2D eigenvalue weighted by molar-refractivity contribution is 1.77. The van der Waals surface area contributed by atoms with Crippen LogP contribution >= 0.6 is 9.24 Å². The summed E-state index contributed by atoms with van der Waals surface area (Å²) in [5.74, 6) is 0. The van der Waals surface area contributed by atoms with Gasteiger partial charge in [-0.1, -0.05) is 24.8 Å². The first-order chi connectivity index (χ1) is 2.91. The Balaban J connectivity index is 2.94. The fraction of sp³-hybridized carbons (Fsp3) is 0.200. The molecule has 1 unspecified atom stereocenters. The second-order valence-corrected chi connectivity index (χ2v) is 1.37. The summed E-state index contributed by atoms with van der Waals surface area (Å²) >= 11 is 0. The van der Waals surface area contributed by atoms with Crippen molar-refractivity contribution in [3.63, 3.8) is 0 Å². The first-order valence-corrected chi connectivity index (χ1v) is 2.71. The molecule has 0 aromatic heterocycles. The van der Waals surface area contributed by atoms with Gasteiger partial charge in [-0.05, 0) is 6.16 Å². The lowest BCUT2D eigenvalue weighted by atomic mass is 10.5. The van der Waals surface area contributed by atoms with Crippen molar-refractivity contribution < 1.29 is 0 Å². The predicted octanol–water partition coefficient (Wildman–Crippen LogP) is 1.60. The van der Waals surface area contributed by atoms with Crippen molar-refractivity contribution in [2.75, 3.05) is 6.16 Å². The summed E-state index contributed by atoms with van der Waals surface area (Å²) in [6, 6.07) is 0. The van der Waals surface area contributed by atoms with Gasteiger partial charge in [-0.3, -0.25) is 0 Å². The van der Waals surface area contributed by atoms with Crippen molar-refractivity contribution in [1.82, 2.24) is 0 Å². The van der Waals surface area contributed by atoms with Crippen LogP contribution in [0.3, 0.4) is 0 Å². The van der Waals surface area contributed by atoms with E-state index in [9.17, 15) is 0 Å². The molecule has 0 spiro atoms. The second kappa shape index (κ2) is 4.91. The Morgan fingerprint density at radius 1 is 1.67 bits per heavy atom. The molecule has 0 heterocycles. The Labute approximate surface area is 41.1 Å². The van der Waals surface area contributed by atoms with Gasteiger partial charge < -0.3 is 0 Å². The molecule has 0 aliphatic rings. The molecule has 34 valence electrons. The predicted molar refractivity (Wildman–Crippen MR) is 33.9 cm³/mol. The maximum absolute atomic E-state index is 3.50. The molecule has 0 saturated heterocycles. The summed E-state index contributed by atoms with van der Waals surface area (Å²) in [5.41, 5.74) is 0. The van der Waals surface area contributed by atoms with Crippen LogP contribution in [0.2, 0.25) is 0 Å². The van der Waals surface area contributed by atoms with Gasteiger partial charge in [0.25, 0.3) is 0 Å². The molecular formula is C5H9P. The van der Waals surface area contributed by atoms with E-state index in [1.807, 2.05) is 12.2 Å². The number of rotatable bonds is 2. The lowest BCUT2D eigenvalue weighted by Crippen LogP contribution is -1.51. The van der Waals surface area contributed by atoms with Crippen molar-refractivity contribution in [3.05, 3.63) is 24.8 Å². The molecule has 0 aromatic carbocycles. The van der Waals surface area contributed by atoms with Crippen molar-refractivity contribution in [1.29, 1.82) is 0 Å². The summed E-state index contributed by atoms with van der Waals surface area (Å²) < 4.78 is 0. The van der Waals surface area contributed by atoms with Crippen LogP contribution in [0.1, 0.15) is 0 Å². The van der Waals surface area contributed by atoms with E-state index in [0.29, 0.717) is 0 Å². The fourth-order valence-corrected chi connectivity index (χ4v) is 0.332. The SMILES string of the molecule is C=CC=CCP. The molecule has 0 nitrogen and oxygen atoms in total. The van der Waals surface area contributed by atoms with Crippen molar-refractivity contribution in [2.45, 2.75) is 0 Å². The van der Waals surface area contributed by atoms with Crippen molar-refractivity contribution >= 4 is 9.24 Å². The third-order valence-electron chi connectivity index (χ3n) is 0.408. The van der Waals surface area contributed by atoms with Gasteiger partial charge in [0.15, 0.2) is 0 Å². The molecule has 0 N–H and O–H groups in total. The minimum atomic E-state index is 1.02. The zero-order valence-corrected chi connectivity index (χ0v) is 4.88. The highest BCUT2D eigenvalue weighted by Gasteiger charge is 1.55. The van der Waals surface area contributed by atoms with E-state index in [0.717, 1.165) is 6.16 Å². The van der Waals surface area contributed by atoms with E-state index < -0.39 is 0 Å². The molecule has 6 heavy (non-hydrogen) atoms. The second-order valence-electron chi connectivity index (χ2n) is 0.900. The summed E-state index contributed by atoms with van der Waals surface area (Å²) in [6.07, 6.45) is 6.74. The third-order valence-corrected chi connectivity index (χ3v) is 0.680. The van der Waals surface area contributed by atoms with Crippen LogP contribution in [-0.2, 0) is 0 Å². The molecule has 1 heteroatoms. The molecule has 0 fully saturated rings. The van der Waals surface area contributed by atoms with Gasteiger partial charge in [-0.15, -0.1) is 9.24 Å². The summed E-state index contributed by atoms with van der Waals surface area (Å²) in [4.78, 5) is 0. The lowest BCUT2D eigenvalue weighted by Gasteiger charge is -1.67.